The highest BCUT2D eigenvalue weighted by Crippen LogP contribution is 2.22. The smallest absolute Gasteiger partial charge is 0.245 e. The average Bonchev–Trinajstić information content (AvgIpc) is 2.54. The Bertz CT molecular complexity index is 867. The molecule has 2 aromatic rings. The lowest BCUT2D eigenvalue weighted by molar-refractivity contribution is -0.114. The molecule has 0 aliphatic heterocycles. The van der Waals surface area contributed by atoms with Crippen molar-refractivity contribution in [1.82, 2.24) is 0 Å². The Morgan fingerprint density at radius 2 is 1.77 bits per heavy atom. The van der Waals surface area contributed by atoms with E-state index >= 15 is 0 Å². The van der Waals surface area contributed by atoms with E-state index in [9.17, 15) is 17.6 Å². The summed E-state index contributed by atoms with van der Waals surface area (Å²) >= 11 is 0. The van der Waals surface area contributed by atoms with E-state index in [0.717, 1.165) is 16.6 Å². The molecular formula is C18H21FN2O4S. The summed E-state index contributed by atoms with van der Waals surface area (Å²) in [4.78, 5) is 12.2. The van der Waals surface area contributed by atoms with E-state index in [1.807, 2.05) is 13.8 Å². The van der Waals surface area contributed by atoms with Gasteiger partial charge in [0.25, 0.3) is 0 Å². The van der Waals surface area contributed by atoms with Crippen molar-refractivity contribution in [2.24, 2.45) is 0 Å². The summed E-state index contributed by atoms with van der Waals surface area (Å²) in [6.07, 6.45) is 0.949. The van der Waals surface area contributed by atoms with Gasteiger partial charge in [-0.3, -0.25) is 9.10 Å². The SMILES string of the molecule is CC(C)Oc1ccc(NC(=O)CN(c2ccccc2F)S(C)(=O)=O)cc1. The van der Waals surface area contributed by atoms with Gasteiger partial charge in [-0.25, -0.2) is 12.8 Å². The van der Waals surface area contributed by atoms with Crippen molar-refractivity contribution in [1.29, 1.82) is 0 Å². The van der Waals surface area contributed by atoms with Crippen LogP contribution in [0.4, 0.5) is 15.8 Å². The first-order chi connectivity index (χ1) is 12.2. The van der Waals surface area contributed by atoms with Crippen LogP contribution in [0.5, 0.6) is 5.75 Å². The number of amides is 1. The summed E-state index contributed by atoms with van der Waals surface area (Å²) in [5.41, 5.74) is 0.305. The molecule has 0 bridgehead atoms. The van der Waals surface area contributed by atoms with E-state index in [1.165, 1.54) is 18.2 Å². The van der Waals surface area contributed by atoms with Gasteiger partial charge in [0.05, 0.1) is 18.0 Å². The zero-order chi connectivity index (χ0) is 19.3. The minimum Gasteiger partial charge on any atom is -0.491 e. The Labute approximate surface area is 152 Å². The number of nitrogens with zero attached hydrogens (tertiary/aromatic N) is 1. The molecule has 140 valence electrons. The topological polar surface area (TPSA) is 75.7 Å². The third-order valence-electron chi connectivity index (χ3n) is 3.32. The van der Waals surface area contributed by atoms with Crippen LogP contribution in [-0.4, -0.2) is 33.2 Å². The molecule has 0 aliphatic rings. The van der Waals surface area contributed by atoms with Crippen molar-refractivity contribution in [2.45, 2.75) is 20.0 Å². The molecule has 0 saturated heterocycles. The lowest BCUT2D eigenvalue weighted by Crippen LogP contribution is -2.38. The number of hydrogen-bond acceptors (Lipinski definition) is 4. The second kappa shape index (κ2) is 8.18. The molecule has 0 aliphatic carbocycles. The third-order valence-corrected chi connectivity index (χ3v) is 4.45. The number of halogens is 1. The van der Waals surface area contributed by atoms with Gasteiger partial charge in [0.2, 0.25) is 15.9 Å². The summed E-state index contributed by atoms with van der Waals surface area (Å²) in [5, 5.41) is 2.59. The van der Waals surface area contributed by atoms with Crippen LogP contribution in [0, 0.1) is 5.82 Å². The number of rotatable bonds is 7. The Morgan fingerprint density at radius 1 is 1.15 bits per heavy atom. The number of sulfonamides is 1. The first-order valence-corrected chi connectivity index (χ1v) is 9.80. The zero-order valence-corrected chi connectivity index (χ0v) is 15.6. The van der Waals surface area contributed by atoms with Gasteiger partial charge in [0, 0.05) is 5.69 Å². The van der Waals surface area contributed by atoms with Crippen molar-refractivity contribution < 1.29 is 22.3 Å². The molecule has 8 heteroatoms. The summed E-state index contributed by atoms with van der Waals surface area (Å²) in [6, 6.07) is 12.1. The highest BCUT2D eigenvalue weighted by molar-refractivity contribution is 7.92. The Balaban J connectivity index is 2.12. The van der Waals surface area contributed by atoms with Crippen LogP contribution in [0.2, 0.25) is 0 Å². The maximum atomic E-state index is 13.9. The molecule has 0 saturated carbocycles. The molecule has 2 aromatic carbocycles. The van der Waals surface area contributed by atoms with Gasteiger partial charge in [0.1, 0.15) is 18.1 Å². The predicted octanol–water partition coefficient (Wildman–Crippen LogP) is 3.02. The van der Waals surface area contributed by atoms with E-state index in [4.69, 9.17) is 4.74 Å². The second-order valence-electron chi connectivity index (χ2n) is 5.96. The number of nitrogens with one attached hydrogen (secondary N) is 1. The number of carbonyl (C=O) groups is 1. The summed E-state index contributed by atoms with van der Waals surface area (Å²) in [5.74, 6) is -0.653. The van der Waals surface area contributed by atoms with E-state index < -0.39 is 28.3 Å². The molecule has 0 unspecified atom stereocenters. The standard InChI is InChI=1S/C18H21FN2O4S/c1-13(2)25-15-10-8-14(9-11-15)20-18(22)12-21(26(3,23)24)17-7-5-4-6-16(17)19/h4-11,13H,12H2,1-3H3,(H,20,22). The van der Waals surface area contributed by atoms with Crippen molar-refractivity contribution in [3.05, 3.63) is 54.3 Å². The van der Waals surface area contributed by atoms with Crippen LogP contribution in [0.25, 0.3) is 0 Å². The molecule has 0 atom stereocenters. The Hall–Kier alpha value is -2.61. The minimum absolute atomic E-state index is 0.0273. The normalized spacial score (nSPS) is 11.3. The van der Waals surface area contributed by atoms with Gasteiger partial charge < -0.3 is 10.1 Å². The summed E-state index contributed by atoms with van der Waals surface area (Å²) in [6.45, 7) is 3.26. The molecule has 0 radical (unpaired) electrons. The molecule has 0 heterocycles. The van der Waals surface area contributed by atoms with Crippen LogP contribution >= 0.6 is 0 Å². The van der Waals surface area contributed by atoms with Crippen molar-refractivity contribution >= 4 is 27.3 Å². The fourth-order valence-electron chi connectivity index (χ4n) is 2.26. The molecule has 0 aromatic heterocycles. The van der Waals surface area contributed by atoms with Crippen molar-refractivity contribution in [3.63, 3.8) is 0 Å². The molecule has 2 rings (SSSR count). The summed E-state index contributed by atoms with van der Waals surface area (Å²) < 4.78 is 44.2. The maximum absolute atomic E-state index is 13.9. The van der Waals surface area contributed by atoms with E-state index in [1.54, 1.807) is 24.3 Å². The number of hydrogen-bond donors (Lipinski definition) is 1. The second-order valence-corrected chi connectivity index (χ2v) is 7.87. The van der Waals surface area contributed by atoms with Crippen LogP contribution in [0.3, 0.4) is 0 Å². The quantitative estimate of drug-likeness (QED) is 0.801. The number of benzene rings is 2. The number of para-hydroxylation sites is 1. The Morgan fingerprint density at radius 3 is 2.31 bits per heavy atom. The minimum atomic E-state index is -3.84. The third kappa shape index (κ3) is 5.45. The summed E-state index contributed by atoms with van der Waals surface area (Å²) in [7, 11) is -3.84. The number of ether oxygens (including phenoxy) is 1. The predicted molar refractivity (Wildman–Crippen MR) is 99.4 cm³/mol. The molecule has 0 spiro atoms. The van der Waals surface area contributed by atoms with Crippen LogP contribution < -0.4 is 14.4 Å². The number of anilines is 2. The van der Waals surface area contributed by atoms with E-state index in [0.29, 0.717) is 11.4 Å². The lowest BCUT2D eigenvalue weighted by Gasteiger charge is -2.22. The van der Waals surface area contributed by atoms with Gasteiger partial charge in [-0.2, -0.15) is 0 Å². The number of carbonyl (C=O) groups excluding carboxylic acids is 1. The first kappa shape index (κ1) is 19.7. The fraction of sp³-hybridized carbons (Fsp3) is 0.278. The van der Waals surface area contributed by atoms with Gasteiger partial charge in [-0.05, 0) is 50.2 Å². The monoisotopic (exact) mass is 380 g/mol. The fourth-order valence-corrected chi connectivity index (χ4v) is 3.11. The van der Waals surface area contributed by atoms with Crippen LogP contribution in [0.15, 0.2) is 48.5 Å². The highest BCUT2D eigenvalue weighted by atomic mass is 32.2. The van der Waals surface area contributed by atoms with Crippen molar-refractivity contribution in [2.75, 3.05) is 22.4 Å². The lowest BCUT2D eigenvalue weighted by atomic mass is 10.3. The van der Waals surface area contributed by atoms with Gasteiger partial charge in [-0.1, -0.05) is 12.1 Å². The van der Waals surface area contributed by atoms with Crippen LogP contribution in [0.1, 0.15) is 13.8 Å². The highest BCUT2D eigenvalue weighted by Gasteiger charge is 2.23. The average molecular weight is 380 g/mol. The van der Waals surface area contributed by atoms with Crippen LogP contribution in [-0.2, 0) is 14.8 Å². The maximum Gasteiger partial charge on any atom is 0.245 e. The van der Waals surface area contributed by atoms with Gasteiger partial charge in [-0.15, -0.1) is 0 Å². The zero-order valence-electron chi connectivity index (χ0n) is 14.8. The molecule has 0 fully saturated rings. The Kier molecular flexibility index (Phi) is 6.20. The molecule has 6 nitrogen and oxygen atoms in total. The van der Waals surface area contributed by atoms with Crippen molar-refractivity contribution in [3.8, 4) is 5.75 Å². The molecule has 1 N–H and O–H groups in total. The van der Waals surface area contributed by atoms with E-state index in [2.05, 4.69) is 5.32 Å². The molecular weight excluding hydrogens is 359 g/mol. The van der Waals surface area contributed by atoms with Gasteiger partial charge >= 0.3 is 0 Å². The molecule has 26 heavy (non-hydrogen) atoms. The van der Waals surface area contributed by atoms with Gasteiger partial charge in [0.15, 0.2) is 0 Å². The van der Waals surface area contributed by atoms with E-state index in [-0.39, 0.29) is 11.8 Å². The molecule has 1 amide bonds. The largest absolute Gasteiger partial charge is 0.491 e. The first-order valence-electron chi connectivity index (χ1n) is 7.95.